The van der Waals surface area contributed by atoms with E-state index >= 15 is 0 Å². The molecule has 0 spiro atoms. The molecule has 182 valence electrons. The smallest absolute Gasteiger partial charge is 0.261 e. The van der Waals surface area contributed by atoms with Crippen LogP contribution in [0, 0.1) is 0 Å². The van der Waals surface area contributed by atoms with Crippen LogP contribution in [0.1, 0.15) is 33.5 Å². The summed E-state index contributed by atoms with van der Waals surface area (Å²) in [6.45, 7) is 3.68. The fourth-order valence-corrected chi connectivity index (χ4v) is 5.19. The molecular weight excluding hydrogens is 440 g/mol. The lowest BCUT2D eigenvalue weighted by Crippen LogP contribution is -2.44. The number of fused-ring (bicyclic) bond motifs is 2. The predicted octanol–water partition coefficient (Wildman–Crippen LogP) is 2.78. The Balaban J connectivity index is 1.19. The lowest BCUT2D eigenvalue weighted by atomic mass is 10.00. The molecule has 1 N–H and O–H groups in total. The zero-order valence-electron chi connectivity index (χ0n) is 19.3. The Labute approximate surface area is 198 Å². The van der Waals surface area contributed by atoms with E-state index in [-0.39, 0.29) is 25.4 Å². The minimum atomic E-state index is -2.63. The molecule has 2 aromatic rings. The molecule has 6 nitrogen and oxygen atoms in total. The van der Waals surface area contributed by atoms with Gasteiger partial charge >= 0.3 is 0 Å². The zero-order chi connectivity index (χ0) is 23.7. The molecule has 3 heterocycles. The molecule has 3 aliphatic rings. The Morgan fingerprint density at radius 3 is 2.65 bits per heavy atom. The highest BCUT2D eigenvalue weighted by Crippen LogP contribution is 2.30. The fraction of sp³-hybridized carbons (Fsp3) is 0.500. The Kier molecular flexibility index (Phi) is 6.55. The summed E-state index contributed by atoms with van der Waals surface area (Å²) in [5.41, 5.74) is 3.96. The number of aliphatic hydroxyl groups is 1. The lowest BCUT2D eigenvalue weighted by Gasteiger charge is -2.32. The maximum atomic E-state index is 13.5. The Morgan fingerprint density at radius 2 is 1.85 bits per heavy atom. The van der Waals surface area contributed by atoms with Crippen LogP contribution in [0.3, 0.4) is 0 Å². The second-order valence-electron chi connectivity index (χ2n) is 9.65. The molecule has 8 heteroatoms. The van der Waals surface area contributed by atoms with Crippen molar-refractivity contribution in [2.45, 2.75) is 38.0 Å². The van der Waals surface area contributed by atoms with E-state index in [1.807, 2.05) is 12.1 Å². The van der Waals surface area contributed by atoms with Gasteiger partial charge in [0, 0.05) is 45.7 Å². The van der Waals surface area contributed by atoms with Gasteiger partial charge in [-0.25, -0.2) is 8.78 Å². The first-order valence-corrected chi connectivity index (χ1v) is 12.0. The summed E-state index contributed by atoms with van der Waals surface area (Å²) in [7, 11) is 0. The second-order valence-corrected chi connectivity index (χ2v) is 9.65. The molecule has 1 fully saturated rings. The van der Waals surface area contributed by atoms with Crippen molar-refractivity contribution in [3.63, 3.8) is 0 Å². The first-order valence-electron chi connectivity index (χ1n) is 12.0. The van der Waals surface area contributed by atoms with Crippen LogP contribution in [0.5, 0.6) is 5.75 Å². The summed E-state index contributed by atoms with van der Waals surface area (Å²) in [5.74, 6) is -2.32. The van der Waals surface area contributed by atoms with Crippen molar-refractivity contribution in [2.75, 3.05) is 45.9 Å². The van der Waals surface area contributed by atoms with Gasteiger partial charge in [0.2, 0.25) is 0 Å². The number of halogens is 2. The standard InChI is InChI=1S/C26H31F2N3O3/c27-26(28)8-10-30(18-26)14-19-5-6-23-24(13-19)34-12-11-31(25(23)33)17-22(32)16-29-9-7-20-3-1-2-4-21(20)15-29/h1-6,13,22,32H,7-12,14-18H2. The van der Waals surface area contributed by atoms with Gasteiger partial charge in [0.25, 0.3) is 11.8 Å². The van der Waals surface area contributed by atoms with Crippen molar-refractivity contribution in [1.29, 1.82) is 0 Å². The van der Waals surface area contributed by atoms with Gasteiger partial charge in [-0.1, -0.05) is 30.3 Å². The Bertz CT molecular complexity index is 1050. The van der Waals surface area contributed by atoms with Crippen LogP contribution in [0.15, 0.2) is 42.5 Å². The number of amides is 1. The minimum Gasteiger partial charge on any atom is -0.491 e. The number of carbonyl (C=O) groups excluding carboxylic acids is 1. The van der Waals surface area contributed by atoms with Gasteiger partial charge in [-0.3, -0.25) is 14.6 Å². The third-order valence-corrected chi connectivity index (χ3v) is 6.95. The van der Waals surface area contributed by atoms with Crippen LogP contribution in [-0.2, 0) is 19.5 Å². The third-order valence-electron chi connectivity index (χ3n) is 6.95. The number of nitrogens with zero attached hydrogens (tertiary/aromatic N) is 3. The van der Waals surface area contributed by atoms with Gasteiger partial charge in [0.15, 0.2) is 0 Å². The minimum absolute atomic E-state index is 0.117. The van der Waals surface area contributed by atoms with Crippen LogP contribution < -0.4 is 4.74 Å². The quantitative estimate of drug-likeness (QED) is 0.702. The molecule has 1 saturated heterocycles. The van der Waals surface area contributed by atoms with E-state index in [0.29, 0.717) is 44.1 Å². The number of benzene rings is 2. The van der Waals surface area contributed by atoms with Crippen molar-refractivity contribution in [3.05, 3.63) is 64.7 Å². The maximum Gasteiger partial charge on any atom is 0.261 e. The van der Waals surface area contributed by atoms with E-state index in [1.54, 1.807) is 21.9 Å². The van der Waals surface area contributed by atoms with E-state index in [9.17, 15) is 18.7 Å². The van der Waals surface area contributed by atoms with Gasteiger partial charge in [0.1, 0.15) is 12.4 Å². The molecule has 1 atom stereocenters. The van der Waals surface area contributed by atoms with Gasteiger partial charge in [-0.2, -0.15) is 0 Å². The highest BCUT2D eigenvalue weighted by atomic mass is 19.3. The van der Waals surface area contributed by atoms with E-state index in [4.69, 9.17) is 4.74 Å². The molecular formula is C26H31F2N3O3. The maximum absolute atomic E-state index is 13.5. The summed E-state index contributed by atoms with van der Waals surface area (Å²) >= 11 is 0. The Hall–Kier alpha value is -2.55. The highest BCUT2D eigenvalue weighted by Gasteiger charge is 2.38. The number of ether oxygens (including phenoxy) is 1. The van der Waals surface area contributed by atoms with Crippen LogP contribution >= 0.6 is 0 Å². The first-order chi connectivity index (χ1) is 16.4. The van der Waals surface area contributed by atoms with E-state index in [2.05, 4.69) is 23.1 Å². The van der Waals surface area contributed by atoms with E-state index in [0.717, 1.165) is 25.1 Å². The first kappa shape index (κ1) is 23.2. The van der Waals surface area contributed by atoms with Crippen molar-refractivity contribution in [3.8, 4) is 5.75 Å². The predicted molar refractivity (Wildman–Crippen MR) is 124 cm³/mol. The molecule has 0 saturated carbocycles. The van der Waals surface area contributed by atoms with Crippen LogP contribution in [0.25, 0.3) is 0 Å². The summed E-state index contributed by atoms with van der Waals surface area (Å²) < 4.78 is 32.8. The number of likely N-dealkylation sites (tertiary alicyclic amines) is 1. The van der Waals surface area contributed by atoms with E-state index < -0.39 is 12.0 Å². The lowest BCUT2D eigenvalue weighted by molar-refractivity contribution is 0.0115. The van der Waals surface area contributed by atoms with Crippen molar-refractivity contribution in [1.82, 2.24) is 14.7 Å². The monoisotopic (exact) mass is 471 g/mol. The molecule has 2 aromatic carbocycles. The highest BCUT2D eigenvalue weighted by molar-refractivity contribution is 5.97. The second kappa shape index (κ2) is 9.60. The summed E-state index contributed by atoms with van der Waals surface area (Å²) in [4.78, 5) is 18.8. The third kappa shape index (κ3) is 5.24. The molecule has 1 unspecified atom stereocenters. The zero-order valence-corrected chi connectivity index (χ0v) is 19.3. The Morgan fingerprint density at radius 1 is 1.03 bits per heavy atom. The van der Waals surface area contributed by atoms with E-state index in [1.165, 1.54) is 11.1 Å². The molecule has 34 heavy (non-hydrogen) atoms. The molecule has 0 aromatic heterocycles. The number of rotatable bonds is 6. The topological polar surface area (TPSA) is 56.3 Å². The van der Waals surface area contributed by atoms with Gasteiger partial charge in [-0.05, 0) is 35.2 Å². The van der Waals surface area contributed by atoms with Crippen LogP contribution in [0.2, 0.25) is 0 Å². The number of alkyl halides is 2. The number of β-amino-alcohol motifs (C(OH)–C–C–N with tert-alkyl or cyclic N) is 1. The average molecular weight is 472 g/mol. The summed E-state index contributed by atoms with van der Waals surface area (Å²) in [5, 5.41) is 10.8. The SMILES string of the molecule is O=C1c2ccc(CN3CCC(F)(F)C3)cc2OCCN1CC(O)CN1CCc2ccccc2C1. The molecule has 5 rings (SSSR count). The van der Waals surface area contributed by atoms with Crippen molar-refractivity contribution in [2.24, 2.45) is 0 Å². The molecule has 0 radical (unpaired) electrons. The number of aliphatic hydroxyl groups excluding tert-OH is 1. The summed E-state index contributed by atoms with van der Waals surface area (Å²) in [6, 6.07) is 13.7. The van der Waals surface area contributed by atoms with Gasteiger partial charge in [-0.15, -0.1) is 0 Å². The fourth-order valence-electron chi connectivity index (χ4n) is 5.19. The van der Waals surface area contributed by atoms with Gasteiger partial charge in [0.05, 0.1) is 24.8 Å². The largest absolute Gasteiger partial charge is 0.491 e. The van der Waals surface area contributed by atoms with Crippen LogP contribution in [0.4, 0.5) is 8.78 Å². The van der Waals surface area contributed by atoms with Crippen LogP contribution in [-0.4, -0.2) is 83.6 Å². The molecule has 3 aliphatic heterocycles. The molecule has 0 aliphatic carbocycles. The molecule has 1 amide bonds. The summed E-state index contributed by atoms with van der Waals surface area (Å²) in [6.07, 6.45) is 0.185. The normalized spacial score (nSPS) is 21.5. The number of hydrogen-bond acceptors (Lipinski definition) is 5. The van der Waals surface area contributed by atoms with Crippen molar-refractivity contribution < 1.29 is 23.4 Å². The van der Waals surface area contributed by atoms with Gasteiger partial charge < -0.3 is 14.7 Å². The molecule has 0 bridgehead atoms. The number of hydrogen-bond donors (Lipinski definition) is 1. The number of carbonyl (C=O) groups is 1. The average Bonchev–Trinajstić information content (AvgIpc) is 3.07. The van der Waals surface area contributed by atoms with Crippen molar-refractivity contribution >= 4 is 5.91 Å².